The van der Waals surface area contributed by atoms with Crippen molar-refractivity contribution in [3.05, 3.63) is 65.1 Å². The van der Waals surface area contributed by atoms with E-state index in [9.17, 15) is 18.0 Å². The molecule has 7 nitrogen and oxygen atoms in total. The van der Waals surface area contributed by atoms with Crippen molar-refractivity contribution in [2.24, 2.45) is 0 Å². The zero-order valence-corrected chi connectivity index (χ0v) is 16.5. The number of aromatic amines is 1. The predicted molar refractivity (Wildman–Crippen MR) is 103 cm³/mol. The minimum atomic E-state index is -3.22. The third kappa shape index (κ3) is 3.92. The first-order valence-electron chi connectivity index (χ1n) is 8.94. The van der Waals surface area contributed by atoms with Gasteiger partial charge in [-0.2, -0.15) is 8.78 Å². The number of benzene rings is 1. The summed E-state index contributed by atoms with van der Waals surface area (Å²) in [6.07, 6.45) is 3.00. The number of aromatic nitrogens is 4. The minimum absolute atomic E-state index is 0.237. The molecule has 30 heavy (non-hydrogen) atoms. The molecule has 0 spiro atoms. The van der Waals surface area contributed by atoms with E-state index < -0.39 is 23.3 Å². The van der Waals surface area contributed by atoms with Crippen molar-refractivity contribution >= 4 is 27.5 Å². The number of rotatable bonds is 2. The van der Waals surface area contributed by atoms with E-state index in [2.05, 4.69) is 19.9 Å². The van der Waals surface area contributed by atoms with Gasteiger partial charge in [0, 0.05) is 19.9 Å². The number of halogens is 3. The smallest absolute Gasteiger partial charge is 0.292 e. The van der Waals surface area contributed by atoms with Gasteiger partial charge in [0.2, 0.25) is 5.76 Å². The molecule has 0 bridgehead atoms. The molecule has 1 N–H and O–H groups in total. The number of nitrogens with one attached hydrogen (secondary N) is 1. The highest BCUT2D eigenvalue weighted by Gasteiger charge is 2.37. The second-order valence-electron chi connectivity index (χ2n) is 6.66. The van der Waals surface area contributed by atoms with Crippen molar-refractivity contribution in [1.29, 1.82) is 0 Å². The van der Waals surface area contributed by atoms with Gasteiger partial charge in [0.25, 0.3) is 11.8 Å². The molecule has 4 heterocycles. The van der Waals surface area contributed by atoms with E-state index >= 15 is 0 Å². The number of amides is 1. The molecule has 1 aliphatic heterocycles. The van der Waals surface area contributed by atoms with Crippen molar-refractivity contribution in [1.82, 2.24) is 24.8 Å². The highest BCUT2D eigenvalue weighted by Crippen LogP contribution is 2.30. The molecule has 0 unspecified atom stereocenters. The van der Waals surface area contributed by atoms with Gasteiger partial charge >= 0.3 is 0 Å². The van der Waals surface area contributed by atoms with E-state index in [1.165, 1.54) is 22.3 Å². The van der Waals surface area contributed by atoms with Crippen LogP contribution in [0.25, 0.3) is 10.2 Å². The van der Waals surface area contributed by atoms with Crippen LogP contribution < -0.4 is 0 Å². The molecule has 0 fully saturated rings. The lowest BCUT2D eigenvalue weighted by Crippen LogP contribution is -2.36. The van der Waals surface area contributed by atoms with Crippen LogP contribution >= 0.6 is 11.3 Å². The van der Waals surface area contributed by atoms with Crippen molar-refractivity contribution in [3.63, 3.8) is 0 Å². The maximum Gasteiger partial charge on any atom is 0.292 e. The Morgan fingerprint density at radius 3 is 2.90 bits per heavy atom. The summed E-state index contributed by atoms with van der Waals surface area (Å²) >= 11 is 1.45. The average Bonchev–Trinajstić information content (AvgIpc) is 3.46. The molecule has 1 aromatic carbocycles. The number of para-hydroxylation sites is 1. The molecule has 3 aromatic heterocycles. The monoisotopic (exact) mass is 435 g/mol. The fourth-order valence-electron chi connectivity index (χ4n) is 3.09. The summed E-state index contributed by atoms with van der Waals surface area (Å²) in [5.74, 6) is -4.44. The van der Waals surface area contributed by atoms with Crippen molar-refractivity contribution < 1.29 is 22.4 Å². The summed E-state index contributed by atoms with van der Waals surface area (Å²) < 4.78 is 45.2. The fraction of sp³-hybridized carbons (Fsp3) is 0.263. The summed E-state index contributed by atoms with van der Waals surface area (Å²) in [6.45, 7) is 1.39. The van der Waals surface area contributed by atoms with Crippen LogP contribution in [-0.4, -0.2) is 37.3 Å². The lowest BCUT2D eigenvalue weighted by Gasteiger charge is -2.25. The topological polar surface area (TPSA) is 87.9 Å². The van der Waals surface area contributed by atoms with Crippen molar-refractivity contribution in [2.75, 3.05) is 6.54 Å². The first kappa shape index (κ1) is 20.1. The van der Waals surface area contributed by atoms with E-state index in [4.69, 9.17) is 4.42 Å². The second-order valence-corrected chi connectivity index (χ2v) is 7.55. The molecule has 1 amide bonds. The second kappa shape index (κ2) is 7.90. The summed E-state index contributed by atoms with van der Waals surface area (Å²) in [7, 11) is 0. The summed E-state index contributed by atoms with van der Waals surface area (Å²) in [6, 6.07) is 4.97. The molecule has 1 aliphatic rings. The Kier molecular flexibility index (Phi) is 5.29. The van der Waals surface area contributed by atoms with Gasteiger partial charge in [0.05, 0.1) is 34.5 Å². The number of imidazole rings is 1. The molecule has 0 radical (unpaired) electrons. The van der Waals surface area contributed by atoms with Crippen molar-refractivity contribution in [2.45, 2.75) is 25.8 Å². The average molecular weight is 435 g/mol. The number of fused-ring (bicyclic) bond motifs is 2. The van der Waals surface area contributed by atoms with E-state index in [0.717, 1.165) is 22.5 Å². The lowest BCUT2D eigenvalue weighted by molar-refractivity contribution is 0.0104. The lowest BCUT2D eigenvalue weighted by atomic mass is 10.1. The van der Waals surface area contributed by atoms with Gasteiger partial charge in [-0.25, -0.2) is 19.3 Å². The largest absolute Gasteiger partial charge is 0.438 e. The zero-order chi connectivity index (χ0) is 21.3. The zero-order valence-electron chi connectivity index (χ0n) is 15.7. The molecule has 5 rings (SSSR count). The number of hydrogen-bond acceptors (Lipinski definition) is 6. The van der Waals surface area contributed by atoms with E-state index in [-0.39, 0.29) is 5.82 Å². The van der Waals surface area contributed by atoms with Gasteiger partial charge in [-0.1, -0.05) is 6.07 Å². The molecule has 4 aromatic rings. The quantitative estimate of drug-likeness (QED) is 0.511. The number of nitrogens with zero attached hydrogens (tertiary/aromatic N) is 4. The van der Waals surface area contributed by atoms with Crippen LogP contribution in [0.4, 0.5) is 13.2 Å². The van der Waals surface area contributed by atoms with Crippen LogP contribution in [0.1, 0.15) is 34.6 Å². The van der Waals surface area contributed by atoms with Crippen LogP contribution in [0, 0.1) is 5.82 Å². The Morgan fingerprint density at radius 1 is 1.30 bits per heavy atom. The van der Waals surface area contributed by atoms with E-state index in [0.29, 0.717) is 32.0 Å². The molecule has 0 aliphatic carbocycles. The number of oxazole rings is 1. The Balaban J connectivity index is 0.000000181. The first-order chi connectivity index (χ1) is 14.3. The van der Waals surface area contributed by atoms with Crippen LogP contribution in [0.3, 0.4) is 0 Å². The van der Waals surface area contributed by atoms with E-state index in [1.807, 2.05) is 6.07 Å². The predicted octanol–water partition coefficient (Wildman–Crippen LogP) is 4.14. The molecular formula is C19H16F3N5O2S. The standard InChI is InChI=1S/C12H12F2N4O2.C7H4FNS/c1-12(13,14)10-9(20-6-17-10)11(19)18-3-2-7-8(4-18)16-5-15-7;8-5-2-1-3-6-7(5)9-4-10-6/h5-6H,2-4H2,1H3,(H,15,16);1-4H. The maximum absolute atomic E-state index is 13.4. The number of carbonyl (C=O) groups excluding carboxylic acids is 1. The summed E-state index contributed by atoms with van der Waals surface area (Å²) in [4.78, 5) is 28.1. The van der Waals surface area contributed by atoms with Gasteiger partial charge in [-0.3, -0.25) is 4.79 Å². The molecule has 156 valence electrons. The number of H-pyrrole nitrogens is 1. The van der Waals surface area contributed by atoms with E-state index in [1.54, 1.807) is 17.9 Å². The number of hydrogen-bond donors (Lipinski definition) is 1. The Morgan fingerprint density at radius 2 is 2.13 bits per heavy atom. The maximum atomic E-state index is 13.4. The Hall–Kier alpha value is -3.21. The van der Waals surface area contributed by atoms with Gasteiger partial charge in [-0.15, -0.1) is 11.3 Å². The highest BCUT2D eigenvalue weighted by molar-refractivity contribution is 7.16. The van der Waals surface area contributed by atoms with Crippen LogP contribution in [-0.2, 0) is 18.9 Å². The fourth-order valence-corrected chi connectivity index (χ4v) is 3.78. The van der Waals surface area contributed by atoms with Crippen LogP contribution in [0.2, 0.25) is 0 Å². The molecular weight excluding hydrogens is 419 g/mol. The van der Waals surface area contributed by atoms with Gasteiger partial charge in [-0.05, 0) is 12.1 Å². The van der Waals surface area contributed by atoms with Gasteiger partial charge in [0.1, 0.15) is 11.3 Å². The molecule has 0 saturated heterocycles. The first-order valence-corrected chi connectivity index (χ1v) is 9.82. The summed E-state index contributed by atoms with van der Waals surface area (Å²) in [5, 5.41) is 0. The Labute approximate surface area is 172 Å². The number of carbonyl (C=O) groups is 1. The highest BCUT2D eigenvalue weighted by atomic mass is 32.1. The minimum Gasteiger partial charge on any atom is -0.438 e. The van der Waals surface area contributed by atoms with Crippen molar-refractivity contribution in [3.8, 4) is 0 Å². The normalized spacial score (nSPS) is 13.7. The molecule has 11 heteroatoms. The SMILES string of the molecule is CC(F)(F)c1ncoc1C(=O)N1CCc2nc[nH]c2C1.Fc1cccc2scnc12. The van der Waals surface area contributed by atoms with Crippen LogP contribution in [0.15, 0.2) is 40.8 Å². The summed E-state index contributed by atoms with van der Waals surface area (Å²) in [5.41, 5.74) is 3.21. The number of thiazole rings is 1. The third-order valence-electron chi connectivity index (χ3n) is 4.55. The van der Waals surface area contributed by atoms with Gasteiger partial charge in [0.15, 0.2) is 12.1 Å². The third-order valence-corrected chi connectivity index (χ3v) is 5.35. The van der Waals surface area contributed by atoms with Gasteiger partial charge < -0.3 is 14.3 Å². The Bertz CT molecular complexity index is 1180. The number of alkyl halides is 2. The molecule has 0 atom stereocenters. The molecule has 0 saturated carbocycles. The van der Waals surface area contributed by atoms with Crippen LogP contribution in [0.5, 0.6) is 0 Å².